The van der Waals surface area contributed by atoms with E-state index in [9.17, 15) is 4.39 Å². The monoisotopic (exact) mass is 266 g/mol. The first-order valence-electron chi connectivity index (χ1n) is 6.93. The third-order valence-electron chi connectivity index (χ3n) is 3.64. The van der Waals surface area contributed by atoms with E-state index in [1.54, 1.807) is 6.07 Å². The van der Waals surface area contributed by atoms with Crippen molar-refractivity contribution >= 4 is 13.3 Å². The minimum atomic E-state index is -1.44. The third kappa shape index (κ3) is 3.34. The highest BCUT2D eigenvalue weighted by Gasteiger charge is 2.20. The molecule has 0 bridgehead atoms. The zero-order chi connectivity index (χ0) is 13.2. The van der Waals surface area contributed by atoms with Gasteiger partial charge in [0.1, 0.15) is 0 Å². The van der Waals surface area contributed by atoms with Crippen molar-refractivity contribution in [1.82, 2.24) is 0 Å². The maximum Gasteiger partial charge on any atom is 0.164 e. The van der Waals surface area contributed by atoms with E-state index in [0.717, 1.165) is 18.0 Å². The first-order chi connectivity index (χ1) is 8.47. The van der Waals surface area contributed by atoms with Gasteiger partial charge in [-0.3, -0.25) is 0 Å². The van der Waals surface area contributed by atoms with E-state index in [1.807, 2.05) is 12.1 Å². The summed E-state index contributed by atoms with van der Waals surface area (Å²) in [5.41, 5.74) is 0. The molecule has 0 heterocycles. The second-order valence-corrected chi connectivity index (χ2v) is 11.4. The van der Waals surface area contributed by atoms with Gasteiger partial charge < -0.3 is 4.74 Å². The second-order valence-electron chi connectivity index (χ2n) is 6.27. The molecule has 18 heavy (non-hydrogen) atoms. The lowest BCUT2D eigenvalue weighted by molar-refractivity contribution is 0.149. The molecular formula is C15H23FOSi. The highest BCUT2D eigenvalue weighted by molar-refractivity contribution is 6.88. The van der Waals surface area contributed by atoms with E-state index >= 15 is 0 Å². The van der Waals surface area contributed by atoms with Crippen LogP contribution >= 0.6 is 0 Å². The fourth-order valence-corrected chi connectivity index (χ4v) is 3.57. The predicted molar refractivity (Wildman–Crippen MR) is 76.9 cm³/mol. The van der Waals surface area contributed by atoms with Crippen molar-refractivity contribution in [1.29, 1.82) is 0 Å². The Morgan fingerprint density at radius 2 is 1.78 bits per heavy atom. The SMILES string of the molecule is C[Si](C)(C)c1ccc(OC2CCCCC2)c(F)c1. The summed E-state index contributed by atoms with van der Waals surface area (Å²) in [5.74, 6) is 0.240. The summed E-state index contributed by atoms with van der Waals surface area (Å²) in [7, 11) is -1.44. The van der Waals surface area contributed by atoms with Gasteiger partial charge >= 0.3 is 0 Å². The summed E-state index contributed by atoms with van der Waals surface area (Å²) in [5, 5.41) is 1.15. The molecule has 1 aliphatic carbocycles. The molecular weight excluding hydrogens is 243 g/mol. The van der Waals surface area contributed by atoms with Crippen LogP contribution in [-0.2, 0) is 0 Å². The van der Waals surface area contributed by atoms with Crippen LogP contribution in [0.3, 0.4) is 0 Å². The van der Waals surface area contributed by atoms with Gasteiger partial charge in [-0.1, -0.05) is 37.3 Å². The van der Waals surface area contributed by atoms with Crippen molar-refractivity contribution in [3.05, 3.63) is 24.0 Å². The van der Waals surface area contributed by atoms with Crippen LogP contribution < -0.4 is 9.92 Å². The number of benzene rings is 1. The first kappa shape index (κ1) is 13.6. The van der Waals surface area contributed by atoms with Gasteiger partial charge in [-0.25, -0.2) is 4.39 Å². The Morgan fingerprint density at radius 1 is 1.11 bits per heavy atom. The van der Waals surface area contributed by atoms with E-state index in [0.29, 0.717) is 5.75 Å². The number of ether oxygens (including phenoxy) is 1. The van der Waals surface area contributed by atoms with Crippen LogP contribution in [0.15, 0.2) is 18.2 Å². The van der Waals surface area contributed by atoms with Gasteiger partial charge in [0.25, 0.3) is 0 Å². The molecule has 100 valence electrons. The lowest BCUT2D eigenvalue weighted by Crippen LogP contribution is -2.37. The second kappa shape index (κ2) is 5.43. The molecule has 1 fully saturated rings. The molecule has 1 aromatic rings. The van der Waals surface area contributed by atoms with Crippen molar-refractivity contribution in [3.8, 4) is 5.75 Å². The average molecular weight is 266 g/mol. The lowest BCUT2D eigenvalue weighted by Gasteiger charge is -2.24. The topological polar surface area (TPSA) is 9.23 Å². The van der Waals surface area contributed by atoms with Crippen molar-refractivity contribution in [2.24, 2.45) is 0 Å². The van der Waals surface area contributed by atoms with Crippen LogP contribution in [0.1, 0.15) is 32.1 Å². The molecule has 0 spiro atoms. The molecule has 0 saturated heterocycles. The summed E-state index contributed by atoms with van der Waals surface area (Å²) in [6.45, 7) is 6.68. The summed E-state index contributed by atoms with van der Waals surface area (Å²) in [4.78, 5) is 0. The minimum Gasteiger partial charge on any atom is -0.487 e. The minimum absolute atomic E-state index is 0.194. The summed E-state index contributed by atoms with van der Waals surface area (Å²) in [6.07, 6.45) is 6.05. The molecule has 0 aromatic heterocycles. The van der Waals surface area contributed by atoms with Crippen LogP contribution in [0.2, 0.25) is 19.6 Å². The van der Waals surface area contributed by atoms with E-state index in [2.05, 4.69) is 19.6 Å². The molecule has 0 atom stereocenters. The average Bonchev–Trinajstić information content (AvgIpc) is 2.32. The smallest absolute Gasteiger partial charge is 0.164 e. The van der Waals surface area contributed by atoms with Gasteiger partial charge in [-0.2, -0.15) is 0 Å². The number of hydrogen-bond donors (Lipinski definition) is 0. The van der Waals surface area contributed by atoms with Crippen LogP contribution in [-0.4, -0.2) is 14.2 Å². The Bertz CT molecular complexity index is 405. The molecule has 1 saturated carbocycles. The van der Waals surface area contributed by atoms with Gasteiger partial charge in [0.05, 0.1) is 14.2 Å². The molecule has 0 radical (unpaired) electrons. The van der Waals surface area contributed by atoms with Gasteiger partial charge in [0.2, 0.25) is 0 Å². The lowest BCUT2D eigenvalue weighted by atomic mass is 9.98. The number of hydrogen-bond acceptors (Lipinski definition) is 1. The Hall–Kier alpha value is -0.833. The molecule has 1 aliphatic rings. The van der Waals surface area contributed by atoms with Crippen LogP contribution in [0.4, 0.5) is 4.39 Å². The maximum absolute atomic E-state index is 14.0. The predicted octanol–water partition coefficient (Wildman–Crippen LogP) is 4.08. The third-order valence-corrected chi connectivity index (χ3v) is 5.69. The Morgan fingerprint density at radius 3 is 2.33 bits per heavy atom. The molecule has 2 rings (SSSR count). The first-order valence-corrected chi connectivity index (χ1v) is 10.4. The zero-order valence-electron chi connectivity index (χ0n) is 11.6. The quantitative estimate of drug-likeness (QED) is 0.749. The van der Waals surface area contributed by atoms with Gasteiger partial charge in [0.15, 0.2) is 11.6 Å². The van der Waals surface area contributed by atoms with Crippen molar-refractivity contribution in [3.63, 3.8) is 0 Å². The van der Waals surface area contributed by atoms with Crippen molar-refractivity contribution < 1.29 is 9.13 Å². The van der Waals surface area contributed by atoms with Gasteiger partial charge in [-0.05, 0) is 37.8 Å². The van der Waals surface area contributed by atoms with Gasteiger partial charge in [-0.15, -0.1) is 0 Å². The molecule has 0 aliphatic heterocycles. The van der Waals surface area contributed by atoms with E-state index < -0.39 is 8.07 Å². The van der Waals surface area contributed by atoms with Crippen molar-refractivity contribution in [2.75, 3.05) is 0 Å². The molecule has 1 nitrogen and oxygen atoms in total. The van der Waals surface area contributed by atoms with Crippen LogP contribution in [0.25, 0.3) is 0 Å². The standard InChI is InChI=1S/C15H23FOSi/c1-18(2,3)13-9-10-15(14(16)11-13)17-12-7-5-4-6-8-12/h9-12H,4-8H2,1-3H3. The summed E-state index contributed by atoms with van der Waals surface area (Å²) < 4.78 is 19.8. The fourth-order valence-electron chi connectivity index (χ4n) is 2.43. The molecule has 0 unspecified atom stereocenters. The highest BCUT2D eigenvalue weighted by Crippen LogP contribution is 2.25. The summed E-state index contributed by atoms with van der Waals surface area (Å²) >= 11 is 0. The molecule has 0 N–H and O–H groups in total. The maximum atomic E-state index is 14.0. The van der Waals surface area contributed by atoms with Gasteiger partial charge in [0, 0.05) is 0 Å². The van der Waals surface area contributed by atoms with Crippen LogP contribution in [0, 0.1) is 5.82 Å². The number of halogens is 1. The Balaban J connectivity index is 2.09. The van der Waals surface area contributed by atoms with Crippen molar-refractivity contribution in [2.45, 2.75) is 57.8 Å². The van der Waals surface area contributed by atoms with E-state index in [1.165, 1.54) is 19.3 Å². The van der Waals surface area contributed by atoms with E-state index in [-0.39, 0.29) is 11.9 Å². The Kier molecular flexibility index (Phi) is 4.10. The largest absolute Gasteiger partial charge is 0.487 e. The normalized spacial score (nSPS) is 17.8. The summed E-state index contributed by atoms with van der Waals surface area (Å²) in [6, 6.07) is 5.52. The molecule has 0 amide bonds. The molecule has 3 heteroatoms. The van der Waals surface area contributed by atoms with E-state index in [4.69, 9.17) is 4.74 Å². The van der Waals surface area contributed by atoms with Crippen LogP contribution in [0.5, 0.6) is 5.75 Å². The Labute approximate surface area is 110 Å². The highest BCUT2D eigenvalue weighted by atomic mass is 28.3. The molecule has 1 aromatic carbocycles. The number of rotatable bonds is 3. The fraction of sp³-hybridized carbons (Fsp3) is 0.600. The zero-order valence-corrected chi connectivity index (χ0v) is 12.6.